The van der Waals surface area contributed by atoms with E-state index < -0.39 is 0 Å². The van der Waals surface area contributed by atoms with Gasteiger partial charge in [0.25, 0.3) is 0 Å². The first-order chi connectivity index (χ1) is 4.88. The van der Waals surface area contributed by atoms with Crippen LogP contribution >= 0.6 is 0 Å². The van der Waals surface area contributed by atoms with E-state index in [1.54, 1.807) is 11.1 Å². The molecule has 1 unspecified atom stereocenters. The topological polar surface area (TPSA) is 0 Å². The summed E-state index contributed by atoms with van der Waals surface area (Å²) in [5, 5.41) is 0. The minimum atomic E-state index is 0.850. The fourth-order valence-corrected chi connectivity index (χ4v) is 2.10. The van der Waals surface area contributed by atoms with Gasteiger partial charge in [-0.1, -0.05) is 24.6 Å². The van der Waals surface area contributed by atoms with E-state index in [9.17, 15) is 0 Å². The lowest BCUT2D eigenvalue weighted by Gasteiger charge is -2.15. The third kappa shape index (κ3) is 0.828. The summed E-state index contributed by atoms with van der Waals surface area (Å²) < 4.78 is 0. The van der Waals surface area contributed by atoms with Gasteiger partial charge in [0.15, 0.2) is 0 Å². The van der Waals surface area contributed by atoms with Crippen LogP contribution in [0, 0.1) is 5.92 Å². The maximum Gasteiger partial charge on any atom is -0.0191 e. The van der Waals surface area contributed by atoms with E-state index in [0.29, 0.717) is 0 Å². The minimum absolute atomic E-state index is 0.850. The number of rotatable bonds is 0. The summed E-state index contributed by atoms with van der Waals surface area (Å²) in [7, 11) is 0. The summed E-state index contributed by atoms with van der Waals surface area (Å²) in [6, 6.07) is 0. The summed E-state index contributed by atoms with van der Waals surface area (Å²) in [6.07, 6.45) is 10.1. The highest BCUT2D eigenvalue weighted by molar-refractivity contribution is 5.34. The summed E-state index contributed by atoms with van der Waals surface area (Å²) >= 11 is 0. The smallest absolute Gasteiger partial charge is 0.0191 e. The van der Waals surface area contributed by atoms with Crippen LogP contribution in [0.25, 0.3) is 0 Å². The highest BCUT2D eigenvalue weighted by Gasteiger charge is 2.19. The minimum Gasteiger partial charge on any atom is -0.0837 e. The van der Waals surface area contributed by atoms with Gasteiger partial charge in [-0.25, -0.2) is 0 Å². The SMILES string of the molecule is CC1CC=CC2=C1CCC2. The molecule has 0 heteroatoms. The van der Waals surface area contributed by atoms with Crippen molar-refractivity contribution in [2.24, 2.45) is 5.92 Å². The third-order valence-corrected chi connectivity index (χ3v) is 2.71. The molecule has 0 amide bonds. The molecule has 0 fully saturated rings. The van der Waals surface area contributed by atoms with Crippen LogP contribution in [0.4, 0.5) is 0 Å². The maximum atomic E-state index is 2.35. The van der Waals surface area contributed by atoms with Gasteiger partial charge in [-0.05, 0) is 37.2 Å². The quantitative estimate of drug-likeness (QED) is 0.477. The molecule has 0 radical (unpaired) electrons. The molecular formula is C10H14. The molecule has 0 heterocycles. The Morgan fingerprint density at radius 2 is 2.30 bits per heavy atom. The van der Waals surface area contributed by atoms with Crippen LogP contribution in [-0.4, -0.2) is 0 Å². The van der Waals surface area contributed by atoms with E-state index in [0.717, 1.165) is 5.92 Å². The molecule has 0 N–H and O–H groups in total. The van der Waals surface area contributed by atoms with E-state index in [4.69, 9.17) is 0 Å². The summed E-state index contributed by atoms with van der Waals surface area (Å²) in [5.41, 5.74) is 3.40. The van der Waals surface area contributed by atoms with E-state index >= 15 is 0 Å². The lowest BCUT2D eigenvalue weighted by molar-refractivity contribution is 0.659. The van der Waals surface area contributed by atoms with Crippen LogP contribution < -0.4 is 0 Å². The molecule has 2 rings (SSSR count). The Labute approximate surface area is 62.6 Å². The van der Waals surface area contributed by atoms with Gasteiger partial charge >= 0.3 is 0 Å². The number of hydrogen-bond acceptors (Lipinski definition) is 0. The van der Waals surface area contributed by atoms with Gasteiger partial charge in [-0.3, -0.25) is 0 Å². The van der Waals surface area contributed by atoms with Crippen molar-refractivity contribution < 1.29 is 0 Å². The Morgan fingerprint density at radius 1 is 1.40 bits per heavy atom. The largest absolute Gasteiger partial charge is 0.0837 e. The molecule has 0 aromatic carbocycles. The predicted molar refractivity (Wildman–Crippen MR) is 43.8 cm³/mol. The van der Waals surface area contributed by atoms with Crippen molar-refractivity contribution in [1.82, 2.24) is 0 Å². The fourth-order valence-electron chi connectivity index (χ4n) is 2.10. The van der Waals surface area contributed by atoms with Crippen molar-refractivity contribution in [3.05, 3.63) is 23.3 Å². The molecule has 0 nitrogen and oxygen atoms in total. The van der Waals surface area contributed by atoms with Crippen LogP contribution in [-0.2, 0) is 0 Å². The molecule has 2 aliphatic rings. The normalized spacial score (nSPS) is 31.1. The molecule has 2 aliphatic carbocycles. The molecule has 10 heavy (non-hydrogen) atoms. The van der Waals surface area contributed by atoms with Gasteiger partial charge in [-0.15, -0.1) is 0 Å². The van der Waals surface area contributed by atoms with Crippen LogP contribution in [0.1, 0.15) is 32.6 Å². The fraction of sp³-hybridized carbons (Fsp3) is 0.600. The molecule has 54 valence electrons. The first-order valence-corrected chi connectivity index (χ1v) is 4.26. The summed E-state index contributed by atoms with van der Waals surface area (Å²) in [5.74, 6) is 0.850. The first-order valence-electron chi connectivity index (χ1n) is 4.26. The average molecular weight is 134 g/mol. The van der Waals surface area contributed by atoms with E-state index in [-0.39, 0.29) is 0 Å². The van der Waals surface area contributed by atoms with Crippen molar-refractivity contribution >= 4 is 0 Å². The predicted octanol–water partition coefficient (Wildman–Crippen LogP) is 3.06. The van der Waals surface area contributed by atoms with Crippen LogP contribution in [0.15, 0.2) is 23.3 Å². The van der Waals surface area contributed by atoms with Crippen molar-refractivity contribution in [2.45, 2.75) is 32.6 Å². The molecule has 0 spiro atoms. The van der Waals surface area contributed by atoms with Gasteiger partial charge in [0.1, 0.15) is 0 Å². The van der Waals surface area contributed by atoms with Gasteiger partial charge < -0.3 is 0 Å². The second-order valence-electron chi connectivity index (χ2n) is 3.44. The Kier molecular flexibility index (Phi) is 1.40. The van der Waals surface area contributed by atoms with E-state index in [1.165, 1.54) is 25.7 Å². The Balaban J connectivity index is 2.30. The summed E-state index contributed by atoms with van der Waals surface area (Å²) in [4.78, 5) is 0. The van der Waals surface area contributed by atoms with Crippen molar-refractivity contribution in [3.8, 4) is 0 Å². The Bertz CT molecular complexity index is 196. The molecular weight excluding hydrogens is 120 g/mol. The van der Waals surface area contributed by atoms with Gasteiger partial charge in [0, 0.05) is 0 Å². The lowest BCUT2D eigenvalue weighted by atomic mass is 9.90. The van der Waals surface area contributed by atoms with Gasteiger partial charge in [0.05, 0.1) is 0 Å². The second-order valence-corrected chi connectivity index (χ2v) is 3.44. The monoisotopic (exact) mass is 134 g/mol. The van der Waals surface area contributed by atoms with E-state index in [2.05, 4.69) is 19.1 Å². The zero-order valence-corrected chi connectivity index (χ0v) is 6.56. The highest BCUT2D eigenvalue weighted by atomic mass is 14.2. The molecule has 0 bridgehead atoms. The van der Waals surface area contributed by atoms with Crippen molar-refractivity contribution in [2.75, 3.05) is 0 Å². The molecule has 0 aromatic rings. The Morgan fingerprint density at radius 3 is 3.10 bits per heavy atom. The highest BCUT2D eigenvalue weighted by Crippen LogP contribution is 2.36. The van der Waals surface area contributed by atoms with Crippen LogP contribution in [0.5, 0.6) is 0 Å². The molecule has 0 aromatic heterocycles. The molecule has 0 saturated carbocycles. The van der Waals surface area contributed by atoms with E-state index in [1.807, 2.05) is 0 Å². The zero-order valence-electron chi connectivity index (χ0n) is 6.56. The maximum absolute atomic E-state index is 2.35. The average Bonchev–Trinajstić information content (AvgIpc) is 2.36. The number of allylic oxidation sites excluding steroid dienone is 4. The molecule has 0 saturated heterocycles. The first kappa shape index (κ1) is 6.21. The molecule has 1 atom stereocenters. The van der Waals surface area contributed by atoms with Gasteiger partial charge in [-0.2, -0.15) is 0 Å². The van der Waals surface area contributed by atoms with Crippen LogP contribution in [0.3, 0.4) is 0 Å². The van der Waals surface area contributed by atoms with Crippen molar-refractivity contribution in [1.29, 1.82) is 0 Å². The third-order valence-electron chi connectivity index (χ3n) is 2.71. The Hall–Kier alpha value is -0.520. The van der Waals surface area contributed by atoms with Crippen LogP contribution in [0.2, 0.25) is 0 Å². The zero-order chi connectivity index (χ0) is 6.97. The van der Waals surface area contributed by atoms with Gasteiger partial charge in [0.2, 0.25) is 0 Å². The standard InChI is InChI=1S/C10H14/c1-8-4-2-5-9-6-3-7-10(8)9/h2,5,8H,3-4,6-7H2,1H3. The van der Waals surface area contributed by atoms with Crippen molar-refractivity contribution in [3.63, 3.8) is 0 Å². The lowest BCUT2D eigenvalue weighted by Crippen LogP contribution is -2.00. The summed E-state index contributed by atoms with van der Waals surface area (Å²) in [6.45, 7) is 2.35. The second kappa shape index (κ2) is 2.26. The molecule has 0 aliphatic heterocycles. The number of hydrogen-bond donors (Lipinski definition) is 0.